The Labute approximate surface area is 140 Å². The molecular formula is C15H20ClN3O2S. The number of nitrogens with one attached hydrogen (secondary N) is 2. The number of carbonyl (C=O) groups is 2. The molecular weight excluding hydrogens is 322 g/mol. The predicted molar refractivity (Wildman–Crippen MR) is 91.0 cm³/mol. The number of rotatable bonds is 2. The van der Waals surface area contributed by atoms with Crippen LogP contribution in [-0.2, 0) is 4.79 Å². The van der Waals surface area contributed by atoms with Crippen LogP contribution < -0.4 is 10.6 Å². The minimum absolute atomic E-state index is 0. The van der Waals surface area contributed by atoms with Gasteiger partial charge in [0.15, 0.2) is 0 Å². The van der Waals surface area contributed by atoms with E-state index in [9.17, 15) is 9.59 Å². The van der Waals surface area contributed by atoms with Crippen molar-refractivity contribution in [2.45, 2.75) is 23.8 Å². The van der Waals surface area contributed by atoms with Gasteiger partial charge in [0.25, 0.3) is 5.91 Å². The number of fused-ring (bicyclic) bond motifs is 1. The number of hydrogen-bond donors (Lipinski definition) is 2. The minimum Gasteiger partial charge on any atom is -0.337 e. The largest absolute Gasteiger partial charge is 0.337 e. The molecule has 0 spiro atoms. The molecule has 2 amide bonds. The molecule has 2 aliphatic rings. The monoisotopic (exact) mass is 341 g/mol. The van der Waals surface area contributed by atoms with Gasteiger partial charge in [0, 0.05) is 42.3 Å². The summed E-state index contributed by atoms with van der Waals surface area (Å²) in [5.74, 6) is 0.800. The molecule has 5 nitrogen and oxygen atoms in total. The summed E-state index contributed by atoms with van der Waals surface area (Å²) in [4.78, 5) is 27.0. The Hall–Kier alpha value is -1.24. The number of halogens is 1. The first-order chi connectivity index (χ1) is 10.1. The summed E-state index contributed by atoms with van der Waals surface area (Å²) in [5.41, 5.74) is 1.39. The van der Waals surface area contributed by atoms with E-state index in [4.69, 9.17) is 0 Å². The van der Waals surface area contributed by atoms with Crippen molar-refractivity contribution in [3.8, 4) is 0 Å². The average Bonchev–Trinajstić information content (AvgIpc) is 2.94. The molecule has 0 radical (unpaired) electrons. The van der Waals surface area contributed by atoms with Gasteiger partial charge in [-0.25, -0.2) is 0 Å². The van der Waals surface area contributed by atoms with Crippen LogP contribution in [0.4, 0.5) is 5.69 Å². The smallest absolute Gasteiger partial charge is 0.253 e. The Kier molecular flexibility index (Phi) is 5.72. The SMILES string of the molecule is CN(C(=O)c1ccc2c(c1)NC(=O)CCS2)C1CCNC1.Cl. The molecule has 2 N–H and O–H groups in total. The van der Waals surface area contributed by atoms with E-state index in [0.29, 0.717) is 12.0 Å². The highest BCUT2D eigenvalue weighted by Gasteiger charge is 2.25. The highest BCUT2D eigenvalue weighted by Crippen LogP contribution is 2.31. The summed E-state index contributed by atoms with van der Waals surface area (Å²) in [6, 6.07) is 5.83. The molecule has 0 bridgehead atoms. The van der Waals surface area contributed by atoms with Gasteiger partial charge in [0.1, 0.15) is 0 Å². The molecule has 0 saturated carbocycles. The first kappa shape index (κ1) is 17.1. The van der Waals surface area contributed by atoms with Crippen molar-refractivity contribution >= 4 is 41.7 Å². The normalized spacial score (nSPS) is 20.4. The first-order valence-electron chi connectivity index (χ1n) is 7.20. The van der Waals surface area contributed by atoms with Crippen LogP contribution in [0.25, 0.3) is 0 Å². The van der Waals surface area contributed by atoms with Crippen molar-refractivity contribution in [2.24, 2.45) is 0 Å². The van der Waals surface area contributed by atoms with Gasteiger partial charge in [-0.05, 0) is 31.2 Å². The summed E-state index contributed by atoms with van der Waals surface area (Å²) < 4.78 is 0. The van der Waals surface area contributed by atoms with Crippen molar-refractivity contribution in [2.75, 3.05) is 31.2 Å². The second kappa shape index (κ2) is 7.35. The van der Waals surface area contributed by atoms with Gasteiger partial charge in [0.2, 0.25) is 5.91 Å². The van der Waals surface area contributed by atoms with Crippen LogP contribution in [0.5, 0.6) is 0 Å². The van der Waals surface area contributed by atoms with Gasteiger partial charge in [-0.2, -0.15) is 0 Å². The molecule has 1 unspecified atom stereocenters. The van der Waals surface area contributed by atoms with Crippen LogP contribution in [0.1, 0.15) is 23.2 Å². The minimum atomic E-state index is 0. The lowest BCUT2D eigenvalue weighted by Crippen LogP contribution is -2.38. The maximum Gasteiger partial charge on any atom is 0.253 e. The van der Waals surface area contributed by atoms with E-state index < -0.39 is 0 Å². The van der Waals surface area contributed by atoms with Crippen LogP contribution in [0, 0.1) is 0 Å². The maximum absolute atomic E-state index is 12.6. The van der Waals surface area contributed by atoms with Gasteiger partial charge in [-0.3, -0.25) is 9.59 Å². The molecule has 1 fully saturated rings. The second-order valence-electron chi connectivity index (χ2n) is 5.42. The van der Waals surface area contributed by atoms with E-state index in [1.807, 2.05) is 19.2 Å². The Balaban J connectivity index is 0.00000176. The molecule has 0 aliphatic carbocycles. The number of carbonyl (C=O) groups excluding carboxylic acids is 2. The fourth-order valence-corrected chi connectivity index (χ4v) is 3.63. The zero-order valence-corrected chi connectivity index (χ0v) is 14.1. The van der Waals surface area contributed by atoms with Crippen molar-refractivity contribution in [1.82, 2.24) is 10.2 Å². The van der Waals surface area contributed by atoms with Gasteiger partial charge < -0.3 is 15.5 Å². The molecule has 1 atom stereocenters. The number of amides is 2. The number of anilines is 1. The van der Waals surface area contributed by atoms with Crippen LogP contribution in [0.3, 0.4) is 0 Å². The Bertz CT molecular complexity index is 576. The van der Waals surface area contributed by atoms with E-state index in [-0.39, 0.29) is 30.3 Å². The lowest BCUT2D eigenvalue weighted by Gasteiger charge is -2.24. The zero-order valence-electron chi connectivity index (χ0n) is 12.4. The molecule has 1 saturated heterocycles. The van der Waals surface area contributed by atoms with E-state index >= 15 is 0 Å². The van der Waals surface area contributed by atoms with Crippen molar-refractivity contribution in [3.63, 3.8) is 0 Å². The van der Waals surface area contributed by atoms with Crippen LogP contribution in [0.15, 0.2) is 23.1 Å². The average molecular weight is 342 g/mol. The maximum atomic E-state index is 12.6. The topological polar surface area (TPSA) is 61.4 Å². The summed E-state index contributed by atoms with van der Waals surface area (Å²) >= 11 is 1.65. The lowest BCUT2D eigenvalue weighted by atomic mass is 10.1. The molecule has 3 rings (SSSR count). The summed E-state index contributed by atoms with van der Waals surface area (Å²) in [5, 5.41) is 6.15. The molecule has 2 heterocycles. The quantitative estimate of drug-likeness (QED) is 0.863. The Morgan fingerprint density at radius 1 is 1.41 bits per heavy atom. The predicted octanol–water partition coefficient (Wildman–Crippen LogP) is 1.98. The molecule has 120 valence electrons. The fourth-order valence-electron chi connectivity index (χ4n) is 2.69. The van der Waals surface area contributed by atoms with E-state index in [1.165, 1.54) is 0 Å². The number of hydrogen-bond acceptors (Lipinski definition) is 4. The molecule has 7 heteroatoms. The molecule has 22 heavy (non-hydrogen) atoms. The molecule has 1 aromatic rings. The van der Waals surface area contributed by atoms with Gasteiger partial charge in [0.05, 0.1) is 5.69 Å². The third-order valence-electron chi connectivity index (χ3n) is 3.99. The van der Waals surface area contributed by atoms with Crippen molar-refractivity contribution in [1.29, 1.82) is 0 Å². The third-order valence-corrected chi connectivity index (χ3v) is 5.06. The van der Waals surface area contributed by atoms with E-state index in [1.54, 1.807) is 22.7 Å². The molecule has 1 aromatic carbocycles. The highest BCUT2D eigenvalue weighted by molar-refractivity contribution is 7.99. The van der Waals surface area contributed by atoms with Crippen LogP contribution in [-0.4, -0.2) is 48.6 Å². The van der Waals surface area contributed by atoms with Gasteiger partial charge in [-0.1, -0.05) is 0 Å². The molecule has 0 aromatic heterocycles. The number of benzene rings is 1. The highest BCUT2D eigenvalue weighted by atomic mass is 35.5. The molecule has 2 aliphatic heterocycles. The van der Waals surface area contributed by atoms with E-state index in [0.717, 1.165) is 35.8 Å². The Morgan fingerprint density at radius 2 is 2.23 bits per heavy atom. The Morgan fingerprint density at radius 3 is 2.95 bits per heavy atom. The van der Waals surface area contributed by atoms with E-state index in [2.05, 4.69) is 10.6 Å². The standard InChI is InChI=1S/C15H19N3O2S.ClH/c1-18(11-4-6-16-9-11)15(20)10-2-3-13-12(8-10)17-14(19)5-7-21-13;/h2-3,8,11,16H,4-7,9H2,1H3,(H,17,19);1H. The van der Waals surface area contributed by atoms with Gasteiger partial charge >= 0.3 is 0 Å². The summed E-state index contributed by atoms with van der Waals surface area (Å²) in [6.07, 6.45) is 1.50. The summed E-state index contributed by atoms with van der Waals surface area (Å²) in [7, 11) is 1.85. The zero-order chi connectivity index (χ0) is 14.8. The number of nitrogens with zero attached hydrogens (tertiary/aromatic N) is 1. The number of thioether (sulfide) groups is 1. The van der Waals surface area contributed by atoms with Gasteiger partial charge in [-0.15, -0.1) is 24.2 Å². The first-order valence-corrected chi connectivity index (χ1v) is 8.18. The lowest BCUT2D eigenvalue weighted by molar-refractivity contribution is -0.115. The van der Waals surface area contributed by atoms with Crippen molar-refractivity contribution in [3.05, 3.63) is 23.8 Å². The fraction of sp³-hybridized carbons (Fsp3) is 0.467. The van der Waals surface area contributed by atoms with Crippen molar-refractivity contribution < 1.29 is 9.59 Å². The third kappa shape index (κ3) is 3.56. The van der Waals surface area contributed by atoms with Crippen LogP contribution in [0.2, 0.25) is 0 Å². The summed E-state index contributed by atoms with van der Waals surface area (Å²) in [6.45, 7) is 1.80. The second-order valence-corrected chi connectivity index (χ2v) is 6.56. The van der Waals surface area contributed by atoms with Crippen LogP contribution >= 0.6 is 24.2 Å². The number of likely N-dealkylation sites (N-methyl/N-ethyl adjacent to an activating group) is 1.